The van der Waals surface area contributed by atoms with Crippen LogP contribution < -0.4 is 5.32 Å². The zero-order chi connectivity index (χ0) is 13.9. The first-order chi connectivity index (χ1) is 9.74. The van der Waals surface area contributed by atoms with Gasteiger partial charge in [0.1, 0.15) is 0 Å². The lowest BCUT2D eigenvalue weighted by Crippen LogP contribution is -2.28. The van der Waals surface area contributed by atoms with Gasteiger partial charge < -0.3 is 10.1 Å². The van der Waals surface area contributed by atoms with Gasteiger partial charge in [-0.15, -0.1) is 0 Å². The van der Waals surface area contributed by atoms with Crippen LogP contribution in [0.25, 0.3) is 0 Å². The van der Waals surface area contributed by atoms with Gasteiger partial charge in [-0.05, 0) is 36.6 Å². The Morgan fingerprint density at radius 1 is 1.20 bits per heavy atom. The summed E-state index contributed by atoms with van der Waals surface area (Å²) in [6, 6.07) is 15.6. The lowest BCUT2D eigenvalue weighted by atomic mass is 9.95. The minimum absolute atomic E-state index is 0.110. The summed E-state index contributed by atoms with van der Waals surface area (Å²) in [6.07, 6.45) is 0.353. The van der Waals surface area contributed by atoms with E-state index < -0.39 is 6.10 Å². The second-order valence-corrected chi connectivity index (χ2v) is 5.06. The van der Waals surface area contributed by atoms with Gasteiger partial charge in [-0.1, -0.05) is 42.0 Å². The van der Waals surface area contributed by atoms with Gasteiger partial charge in [0.2, 0.25) is 0 Å². The molecule has 0 spiro atoms. The Hall–Kier alpha value is -2.13. The first kappa shape index (κ1) is 12.9. The molecular weight excluding hydrogens is 250 g/mol. The van der Waals surface area contributed by atoms with Crippen LogP contribution in [0.1, 0.15) is 22.8 Å². The summed E-state index contributed by atoms with van der Waals surface area (Å²) in [5.41, 5.74) is 4.20. The van der Waals surface area contributed by atoms with Gasteiger partial charge in [0.25, 0.3) is 5.91 Å². The van der Waals surface area contributed by atoms with Crippen LogP contribution >= 0.6 is 0 Å². The van der Waals surface area contributed by atoms with Gasteiger partial charge >= 0.3 is 0 Å². The summed E-state index contributed by atoms with van der Waals surface area (Å²) in [7, 11) is 0. The highest BCUT2D eigenvalue weighted by Crippen LogP contribution is 2.29. The molecule has 0 aromatic heterocycles. The van der Waals surface area contributed by atoms with Crippen molar-refractivity contribution in [3.63, 3.8) is 0 Å². The number of benzene rings is 2. The second-order valence-electron chi connectivity index (χ2n) is 5.06. The standard InChI is InChI=1S/C17H17NO2/c1-12-7-8-15-13(11-12)9-10-20-16(15)17(19)18-14-5-3-2-4-6-14/h2-8,11,16H,9-10H2,1H3,(H,18,19). The predicted molar refractivity (Wildman–Crippen MR) is 78.6 cm³/mol. The van der Waals surface area contributed by atoms with Gasteiger partial charge in [0.15, 0.2) is 6.10 Å². The van der Waals surface area contributed by atoms with Crippen molar-refractivity contribution in [1.82, 2.24) is 0 Å². The fraction of sp³-hybridized carbons (Fsp3) is 0.235. The van der Waals surface area contributed by atoms with E-state index in [1.165, 1.54) is 11.1 Å². The molecule has 0 radical (unpaired) electrons. The molecule has 0 bridgehead atoms. The number of carbonyl (C=O) groups is 1. The lowest BCUT2D eigenvalue weighted by molar-refractivity contribution is -0.128. The highest BCUT2D eigenvalue weighted by atomic mass is 16.5. The van der Waals surface area contributed by atoms with Crippen LogP contribution in [0.3, 0.4) is 0 Å². The van der Waals surface area contributed by atoms with E-state index in [-0.39, 0.29) is 5.91 Å². The molecule has 3 heteroatoms. The van der Waals surface area contributed by atoms with Gasteiger partial charge in [-0.25, -0.2) is 0 Å². The summed E-state index contributed by atoms with van der Waals surface area (Å²) in [5.74, 6) is -0.110. The minimum Gasteiger partial charge on any atom is -0.363 e. The highest BCUT2D eigenvalue weighted by Gasteiger charge is 2.27. The number of nitrogens with one attached hydrogen (secondary N) is 1. The number of anilines is 1. The lowest BCUT2D eigenvalue weighted by Gasteiger charge is -2.25. The molecule has 3 rings (SSSR count). The number of carbonyl (C=O) groups excluding carboxylic acids is 1. The number of hydrogen-bond donors (Lipinski definition) is 1. The quantitative estimate of drug-likeness (QED) is 0.907. The molecule has 2 aromatic carbocycles. The van der Waals surface area contributed by atoms with Crippen LogP contribution in [0, 0.1) is 6.92 Å². The molecule has 0 saturated heterocycles. The number of rotatable bonds is 2. The van der Waals surface area contributed by atoms with Gasteiger partial charge in [-0.2, -0.15) is 0 Å². The maximum atomic E-state index is 12.4. The van der Waals surface area contributed by atoms with Crippen molar-refractivity contribution < 1.29 is 9.53 Å². The molecule has 102 valence electrons. The molecule has 1 aliphatic rings. The topological polar surface area (TPSA) is 38.3 Å². The predicted octanol–water partition coefficient (Wildman–Crippen LogP) is 3.25. The molecule has 1 unspecified atom stereocenters. The molecular formula is C17H17NO2. The minimum atomic E-state index is -0.514. The molecule has 1 amide bonds. The number of amides is 1. The summed E-state index contributed by atoms with van der Waals surface area (Å²) >= 11 is 0. The van der Waals surface area contributed by atoms with E-state index in [1.807, 2.05) is 42.5 Å². The molecule has 1 heterocycles. The normalized spacial score (nSPS) is 17.4. The molecule has 0 saturated carbocycles. The third-order valence-electron chi connectivity index (χ3n) is 3.52. The Labute approximate surface area is 118 Å². The fourth-order valence-corrected chi connectivity index (χ4v) is 2.53. The van der Waals surface area contributed by atoms with Gasteiger partial charge in [-0.3, -0.25) is 4.79 Å². The number of aryl methyl sites for hydroxylation is 1. The van der Waals surface area contributed by atoms with Crippen molar-refractivity contribution in [3.8, 4) is 0 Å². The van der Waals surface area contributed by atoms with Crippen molar-refractivity contribution in [1.29, 1.82) is 0 Å². The number of para-hydroxylation sites is 1. The zero-order valence-electron chi connectivity index (χ0n) is 11.4. The monoisotopic (exact) mass is 267 g/mol. The molecule has 1 aliphatic heterocycles. The van der Waals surface area contributed by atoms with Crippen LogP contribution in [0.4, 0.5) is 5.69 Å². The number of ether oxygens (including phenoxy) is 1. The second kappa shape index (κ2) is 5.47. The van der Waals surface area contributed by atoms with Gasteiger partial charge in [0.05, 0.1) is 6.61 Å². The van der Waals surface area contributed by atoms with Crippen LogP contribution in [-0.2, 0) is 16.0 Å². The molecule has 2 aromatic rings. The zero-order valence-corrected chi connectivity index (χ0v) is 11.4. The largest absolute Gasteiger partial charge is 0.363 e. The number of hydrogen-bond acceptors (Lipinski definition) is 2. The Morgan fingerprint density at radius 2 is 2.00 bits per heavy atom. The third-order valence-corrected chi connectivity index (χ3v) is 3.52. The summed E-state index contributed by atoms with van der Waals surface area (Å²) in [6.45, 7) is 2.65. The third kappa shape index (κ3) is 2.58. The van der Waals surface area contributed by atoms with Crippen LogP contribution in [0.15, 0.2) is 48.5 Å². The van der Waals surface area contributed by atoms with E-state index in [1.54, 1.807) is 0 Å². The average molecular weight is 267 g/mol. The molecule has 3 nitrogen and oxygen atoms in total. The van der Waals surface area contributed by atoms with Gasteiger partial charge in [0, 0.05) is 5.69 Å². The van der Waals surface area contributed by atoms with Crippen LogP contribution in [0.5, 0.6) is 0 Å². The van der Waals surface area contributed by atoms with E-state index in [0.717, 1.165) is 17.7 Å². The molecule has 20 heavy (non-hydrogen) atoms. The Morgan fingerprint density at radius 3 is 2.80 bits per heavy atom. The van der Waals surface area contributed by atoms with E-state index in [2.05, 4.69) is 18.3 Å². The Balaban J connectivity index is 1.83. The molecule has 0 fully saturated rings. The van der Waals surface area contributed by atoms with E-state index in [9.17, 15) is 4.79 Å². The number of fused-ring (bicyclic) bond motifs is 1. The summed E-state index contributed by atoms with van der Waals surface area (Å²) in [4.78, 5) is 12.4. The van der Waals surface area contributed by atoms with Crippen molar-refractivity contribution in [2.45, 2.75) is 19.4 Å². The molecule has 1 atom stereocenters. The smallest absolute Gasteiger partial charge is 0.258 e. The fourth-order valence-electron chi connectivity index (χ4n) is 2.53. The SMILES string of the molecule is Cc1ccc2c(c1)CCOC2C(=O)Nc1ccccc1. The van der Waals surface area contributed by atoms with E-state index in [4.69, 9.17) is 4.74 Å². The summed E-state index contributed by atoms with van der Waals surface area (Å²) in [5, 5.41) is 2.90. The first-order valence-corrected chi connectivity index (χ1v) is 6.81. The van der Waals surface area contributed by atoms with Crippen LogP contribution in [0.2, 0.25) is 0 Å². The van der Waals surface area contributed by atoms with Crippen molar-refractivity contribution in [3.05, 3.63) is 65.2 Å². The van der Waals surface area contributed by atoms with E-state index >= 15 is 0 Å². The molecule has 0 aliphatic carbocycles. The highest BCUT2D eigenvalue weighted by molar-refractivity contribution is 5.95. The Bertz CT molecular complexity index is 622. The maximum Gasteiger partial charge on any atom is 0.258 e. The van der Waals surface area contributed by atoms with E-state index in [0.29, 0.717) is 6.61 Å². The average Bonchev–Trinajstić information content (AvgIpc) is 2.47. The van der Waals surface area contributed by atoms with Crippen molar-refractivity contribution in [2.75, 3.05) is 11.9 Å². The van der Waals surface area contributed by atoms with Crippen molar-refractivity contribution in [2.24, 2.45) is 0 Å². The van der Waals surface area contributed by atoms with Crippen LogP contribution in [-0.4, -0.2) is 12.5 Å². The maximum absolute atomic E-state index is 12.4. The van der Waals surface area contributed by atoms with Crippen molar-refractivity contribution >= 4 is 11.6 Å². The molecule has 1 N–H and O–H groups in total. The first-order valence-electron chi connectivity index (χ1n) is 6.81. The Kier molecular flexibility index (Phi) is 3.52. The summed E-state index contributed by atoms with van der Waals surface area (Å²) < 4.78 is 5.67.